The summed E-state index contributed by atoms with van der Waals surface area (Å²) in [7, 11) is 0. The Balaban J connectivity index is 1.51. The second-order valence-electron chi connectivity index (χ2n) is 6.83. The fourth-order valence-electron chi connectivity index (χ4n) is 3.24. The number of carbonyl (C=O) groups excluding carboxylic acids is 2. The molecule has 1 aliphatic rings. The average molecular weight is 616 g/mol. The summed E-state index contributed by atoms with van der Waals surface area (Å²) in [5, 5.41) is 14.2. The molecule has 1 aromatic heterocycles. The number of alkyl halides is 2. The van der Waals surface area contributed by atoms with E-state index in [0.717, 1.165) is 11.3 Å². The summed E-state index contributed by atoms with van der Waals surface area (Å²) in [5.74, 6) is -2.16. The Morgan fingerprint density at radius 3 is 2.31 bits per heavy atom. The minimum absolute atomic E-state index is 0.146. The van der Waals surface area contributed by atoms with Crippen molar-refractivity contribution in [2.24, 2.45) is 5.92 Å². The van der Waals surface area contributed by atoms with Gasteiger partial charge >= 0.3 is 0 Å². The lowest BCUT2D eigenvalue weighted by Gasteiger charge is -2.09. The zero-order chi connectivity index (χ0) is 23.2. The van der Waals surface area contributed by atoms with Crippen LogP contribution in [0.4, 0.5) is 10.8 Å². The molecule has 13 heteroatoms. The number of amides is 2. The van der Waals surface area contributed by atoms with Gasteiger partial charge in [-0.1, -0.05) is 46.1 Å². The number of halogens is 6. The standard InChI is InChI=1S/C19H10BrCl5N4O2S/c20-17-28-29-18(32-17)27-15(30)11-6-10(1-2-12(11)23)26-16(31)14-13(19(14,24)25)7-3-8(21)5-9(22)4-7/h1-6,13-14H,(H,26,31)(H,27,29,30)/t13-,14+/m1/s1. The average Bonchev–Trinajstić information content (AvgIpc) is 3.05. The van der Waals surface area contributed by atoms with Crippen LogP contribution in [-0.2, 0) is 4.79 Å². The van der Waals surface area contributed by atoms with Gasteiger partial charge in [0, 0.05) is 21.7 Å². The Morgan fingerprint density at radius 1 is 1.00 bits per heavy atom. The van der Waals surface area contributed by atoms with Gasteiger partial charge in [-0.25, -0.2) is 0 Å². The highest BCUT2D eigenvalue weighted by Crippen LogP contribution is 2.65. The predicted octanol–water partition coefficient (Wildman–Crippen LogP) is 7.04. The molecule has 4 rings (SSSR count). The summed E-state index contributed by atoms with van der Waals surface area (Å²) in [6.45, 7) is 0. The number of carbonyl (C=O) groups is 2. The SMILES string of the molecule is O=C(Nc1nnc(Br)s1)c1cc(NC(=O)[C@@H]2[C@@H](c3cc(Cl)cc(Cl)c3)C2(Cl)Cl)ccc1Cl. The quantitative estimate of drug-likeness (QED) is 0.302. The van der Waals surface area contributed by atoms with Crippen molar-refractivity contribution in [3.8, 4) is 0 Å². The first-order valence-corrected chi connectivity index (χ1v) is 12.3. The molecule has 0 aliphatic heterocycles. The van der Waals surface area contributed by atoms with E-state index in [1.165, 1.54) is 12.1 Å². The van der Waals surface area contributed by atoms with Gasteiger partial charge in [0.2, 0.25) is 11.0 Å². The van der Waals surface area contributed by atoms with Crippen LogP contribution < -0.4 is 10.6 Å². The fraction of sp³-hybridized carbons (Fsp3) is 0.158. The highest BCUT2D eigenvalue weighted by atomic mass is 79.9. The predicted molar refractivity (Wildman–Crippen MR) is 133 cm³/mol. The molecule has 1 aliphatic carbocycles. The largest absolute Gasteiger partial charge is 0.326 e. The number of nitrogens with one attached hydrogen (secondary N) is 2. The lowest BCUT2D eigenvalue weighted by atomic mass is 10.1. The van der Waals surface area contributed by atoms with Crippen LogP contribution in [0.15, 0.2) is 40.3 Å². The van der Waals surface area contributed by atoms with E-state index in [1.807, 2.05) is 0 Å². The van der Waals surface area contributed by atoms with Crippen molar-refractivity contribution in [3.63, 3.8) is 0 Å². The van der Waals surface area contributed by atoms with E-state index in [4.69, 9.17) is 58.0 Å². The van der Waals surface area contributed by atoms with Crippen LogP contribution in [0, 0.1) is 5.92 Å². The van der Waals surface area contributed by atoms with E-state index in [1.54, 1.807) is 24.3 Å². The number of hydrogen-bond acceptors (Lipinski definition) is 5. The molecule has 1 fully saturated rings. The van der Waals surface area contributed by atoms with Crippen LogP contribution in [0.2, 0.25) is 15.1 Å². The molecule has 0 bridgehead atoms. The van der Waals surface area contributed by atoms with Crippen molar-refractivity contribution < 1.29 is 9.59 Å². The van der Waals surface area contributed by atoms with Crippen molar-refractivity contribution in [2.45, 2.75) is 10.3 Å². The molecule has 1 saturated carbocycles. The Bertz CT molecular complexity index is 1220. The van der Waals surface area contributed by atoms with Gasteiger partial charge in [-0.3, -0.25) is 14.9 Å². The van der Waals surface area contributed by atoms with Crippen LogP contribution in [0.5, 0.6) is 0 Å². The number of hydrogen-bond donors (Lipinski definition) is 2. The van der Waals surface area contributed by atoms with E-state index in [-0.39, 0.29) is 10.6 Å². The van der Waals surface area contributed by atoms with Gasteiger partial charge in [0.15, 0.2) is 3.92 Å². The Kier molecular flexibility index (Phi) is 6.94. The topological polar surface area (TPSA) is 84.0 Å². The highest BCUT2D eigenvalue weighted by Gasteiger charge is 2.67. The fourth-order valence-corrected chi connectivity index (χ4v) is 5.82. The molecule has 2 N–H and O–H groups in total. The summed E-state index contributed by atoms with van der Waals surface area (Å²) in [5.41, 5.74) is 1.15. The maximum absolute atomic E-state index is 12.9. The Labute approximate surface area is 219 Å². The third-order valence-electron chi connectivity index (χ3n) is 4.68. The number of benzene rings is 2. The third-order valence-corrected chi connectivity index (χ3v) is 7.66. The van der Waals surface area contributed by atoms with E-state index in [9.17, 15) is 9.59 Å². The van der Waals surface area contributed by atoms with Gasteiger partial charge in [-0.15, -0.1) is 33.4 Å². The smallest absolute Gasteiger partial charge is 0.259 e. The van der Waals surface area contributed by atoms with E-state index in [2.05, 4.69) is 36.8 Å². The minimum atomic E-state index is -1.32. The van der Waals surface area contributed by atoms with Gasteiger partial charge < -0.3 is 5.32 Å². The van der Waals surface area contributed by atoms with Crippen LogP contribution in [0.1, 0.15) is 21.8 Å². The summed E-state index contributed by atoms with van der Waals surface area (Å²) >= 11 is 35.4. The molecule has 1 heterocycles. The zero-order valence-corrected chi connectivity index (χ0v) is 21.7. The maximum atomic E-state index is 12.9. The first-order chi connectivity index (χ1) is 15.1. The maximum Gasteiger partial charge on any atom is 0.259 e. The number of aromatic nitrogens is 2. The first kappa shape index (κ1) is 24.0. The molecule has 2 aromatic carbocycles. The molecule has 166 valence electrons. The van der Waals surface area contributed by atoms with E-state index >= 15 is 0 Å². The van der Waals surface area contributed by atoms with Gasteiger partial charge in [0.1, 0.15) is 4.33 Å². The van der Waals surface area contributed by atoms with Crippen molar-refractivity contribution in [3.05, 3.63) is 66.5 Å². The molecule has 6 nitrogen and oxygen atoms in total. The molecular formula is C19H10BrCl5N4O2S. The third kappa shape index (κ3) is 5.01. The zero-order valence-electron chi connectivity index (χ0n) is 15.5. The van der Waals surface area contributed by atoms with Gasteiger partial charge in [0.25, 0.3) is 5.91 Å². The Hall–Kier alpha value is -1.13. The van der Waals surface area contributed by atoms with Gasteiger partial charge in [-0.2, -0.15) is 0 Å². The van der Waals surface area contributed by atoms with Crippen molar-refractivity contribution in [1.82, 2.24) is 10.2 Å². The van der Waals surface area contributed by atoms with E-state index < -0.39 is 28.0 Å². The van der Waals surface area contributed by atoms with Gasteiger partial charge in [0.05, 0.1) is 16.5 Å². The monoisotopic (exact) mass is 612 g/mol. The number of anilines is 2. The number of rotatable bonds is 5. The summed E-state index contributed by atoms with van der Waals surface area (Å²) < 4.78 is -0.804. The molecule has 2 atom stereocenters. The molecule has 2 amide bonds. The minimum Gasteiger partial charge on any atom is -0.326 e. The lowest BCUT2D eigenvalue weighted by Crippen LogP contribution is -2.18. The molecule has 32 heavy (non-hydrogen) atoms. The molecular weight excluding hydrogens is 605 g/mol. The molecule has 0 radical (unpaired) electrons. The Morgan fingerprint density at radius 2 is 1.69 bits per heavy atom. The van der Waals surface area contributed by atoms with Crippen molar-refractivity contribution >= 4 is 108 Å². The second-order valence-corrected chi connectivity index (χ2v) is 11.8. The summed E-state index contributed by atoms with van der Waals surface area (Å²) in [6.07, 6.45) is 0. The van der Waals surface area contributed by atoms with E-state index in [0.29, 0.717) is 30.3 Å². The van der Waals surface area contributed by atoms with Crippen LogP contribution >= 0.6 is 85.3 Å². The van der Waals surface area contributed by atoms with Crippen molar-refractivity contribution in [1.29, 1.82) is 0 Å². The molecule has 3 aromatic rings. The van der Waals surface area contributed by atoms with Crippen LogP contribution in [0.25, 0.3) is 0 Å². The first-order valence-electron chi connectivity index (χ1n) is 8.81. The molecule has 0 spiro atoms. The normalized spacial score (nSPS) is 18.8. The highest BCUT2D eigenvalue weighted by molar-refractivity contribution is 9.11. The van der Waals surface area contributed by atoms with Crippen LogP contribution in [0.3, 0.4) is 0 Å². The lowest BCUT2D eigenvalue weighted by molar-refractivity contribution is -0.117. The molecule has 0 saturated heterocycles. The summed E-state index contributed by atoms with van der Waals surface area (Å²) in [6, 6.07) is 9.43. The van der Waals surface area contributed by atoms with Gasteiger partial charge in [-0.05, 0) is 57.9 Å². The second kappa shape index (κ2) is 9.25. The number of nitrogens with zero attached hydrogens (tertiary/aromatic N) is 2. The molecule has 0 unspecified atom stereocenters. The van der Waals surface area contributed by atoms with Crippen molar-refractivity contribution in [2.75, 3.05) is 10.6 Å². The summed E-state index contributed by atoms with van der Waals surface area (Å²) in [4.78, 5) is 25.5. The van der Waals surface area contributed by atoms with Crippen LogP contribution in [-0.4, -0.2) is 26.3 Å².